The molecular weight excluding hydrogens is 444 g/mol. The minimum absolute atomic E-state index is 0.298. The molecule has 2 fully saturated rings. The number of hydrogen-bond donors (Lipinski definition) is 0. The van der Waals surface area contributed by atoms with Crippen LogP contribution in [0, 0.1) is 0 Å². The summed E-state index contributed by atoms with van der Waals surface area (Å²) >= 11 is 6.05. The number of likely N-dealkylation sites (N-methyl/N-ethyl adjacent to an activating group) is 1. The number of hydrogen-bond acceptors (Lipinski definition) is 4. The van der Waals surface area contributed by atoms with Gasteiger partial charge in [0.05, 0.1) is 6.54 Å². The van der Waals surface area contributed by atoms with Gasteiger partial charge in [0, 0.05) is 58.9 Å². The molecule has 6 heteroatoms. The lowest BCUT2D eigenvalue weighted by molar-refractivity contribution is -0.135. The van der Waals surface area contributed by atoms with E-state index in [1.807, 2.05) is 7.05 Å². The average Bonchev–Trinajstić information content (AvgIpc) is 2.82. The van der Waals surface area contributed by atoms with Crippen molar-refractivity contribution in [3.8, 4) is 11.1 Å². The molecule has 0 bridgehead atoms. The van der Waals surface area contributed by atoms with E-state index < -0.39 is 0 Å². The number of benzene rings is 2. The molecule has 34 heavy (non-hydrogen) atoms. The summed E-state index contributed by atoms with van der Waals surface area (Å²) < 4.78 is 1.72. The fourth-order valence-electron chi connectivity index (χ4n) is 5.59. The van der Waals surface area contributed by atoms with Gasteiger partial charge in [0.15, 0.2) is 0 Å². The van der Waals surface area contributed by atoms with Crippen LogP contribution in [0.15, 0.2) is 42.5 Å². The smallest absolute Gasteiger partial charge is 0.236 e. The van der Waals surface area contributed by atoms with E-state index in [-0.39, 0.29) is 0 Å². The summed E-state index contributed by atoms with van der Waals surface area (Å²) in [6.07, 6.45) is 5.99. The third kappa shape index (κ3) is 5.49. The van der Waals surface area contributed by atoms with Crippen LogP contribution in [0.4, 0.5) is 0 Å². The molecule has 0 N–H and O–H groups in total. The number of nitrogens with zero attached hydrogens (tertiary/aromatic N) is 4. The molecule has 0 atom stereocenters. The molecule has 2 aliphatic heterocycles. The number of carbonyl (C=O) groups is 1. The highest BCUT2D eigenvalue weighted by molar-refractivity contribution is 6.13. The van der Waals surface area contributed by atoms with E-state index in [2.05, 4.69) is 57.2 Å². The molecular formula is C28H37ClN4O. The molecule has 2 aromatic rings. The van der Waals surface area contributed by atoms with Gasteiger partial charge in [0.1, 0.15) is 0 Å². The Morgan fingerprint density at radius 1 is 1.03 bits per heavy atom. The van der Waals surface area contributed by atoms with Gasteiger partial charge < -0.3 is 4.90 Å². The second-order valence-electron chi connectivity index (χ2n) is 10.2. The minimum atomic E-state index is 0.298. The van der Waals surface area contributed by atoms with Crippen LogP contribution >= 0.6 is 11.8 Å². The first kappa shape index (κ1) is 23.8. The van der Waals surface area contributed by atoms with Gasteiger partial charge in [0.25, 0.3) is 0 Å². The van der Waals surface area contributed by atoms with Crippen molar-refractivity contribution in [2.45, 2.75) is 44.7 Å². The van der Waals surface area contributed by atoms with Crippen LogP contribution in [-0.2, 0) is 24.2 Å². The van der Waals surface area contributed by atoms with Gasteiger partial charge >= 0.3 is 0 Å². The van der Waals surface area contributed by atoms with Gasteiger partial charge in [-0.2, -0.15) is 0 Å². The molecule has 5 nitrogen and oxygen atoms in total. The quantitative estimate of drug-likeness (QED) is 0.559. The Bertz CT molecular complexity index is 998. The Balaban J connectivity index is 1.18. The Kier molecular flexibility index (Phi) is 7.55. The highest BCUT2D eigenvalue weighted by Crippen LogP contribution is 2.29. The zero-order valence-corrected chi connectivity index (χ0v) is 21.1. The first-order valence-corrected chi connectivity index (χ1v) is 13.2. The van der Waals surface area contributed by atoms with Crippen LogP contribution < -0.4 is 0 Å². The van der Waals surface area contributed by atoms with Crippen molar-refractivity contribution in [1.29, 1.82) is 0 Å². The van der Waals surface area contributed by atoms with E-state index in [4.69, 9.17) is 11.8 Å². The topological polar surface area (TPSA) is 30.0 Å². The van der Waals surface area contributed by atoms with Crippen LogP contribution in [0.2, 0.25) is 0 Å². The number of rotatable bonds is 7. The Morgan fingerprint density at radius 2 is 1.82 bits per heavy atom. The summed E-state index contributed by atoms with van der Waals surface area (Å²) in [4.78, 5) is 20.0. The molecule has 2 aromatic carbocycles. The molecule has 3 aliphatic rings. The van der Waals surface area contributed by atoms with Crippen molar-refractivity contribution >= 4 is 17.7 Å². The zero-order valence-electron chi connectivity index (χ0n) is 20.4. The molecule has 0 radical (unpaired) electrons. The summed E-state index contributed by atoms with van der Waals surface area (Å²) in [5.41, 5.74) is 6.67. The number of piperazine rings is 1. The monoisotopic (exact) mass is 480 g/mol. The van der Waals surface area contributed by atoms with Gasteiger partial charge in [-0.15, -0.1) is 0 Å². The van der Waals surface area contributed by atoms with Crippen LogP contribution in [0.5, 0.6) is 0 Å². The van der Waals surface area contributed by atoms with E-state index >= 15 is 0 Å². The van der Waals surface area contributed by atoms with E-state index in [0.717, 1.165) is 64.7 Å². The fraction of sp³-hybridized carbons (Fsp3) is 0.536. The van der Waals surface area contributed by atoms with Crippen molar-refractivity contribution < 1.29 is 4.79 Å². The largest absolute Gasteiger partial charge is 0.339 e. The van der Waals surface area contributed by atoms with Crippen LogP contribution in [0.3, 0.4) is 0 Å². The lowest BCUT2D eigenvalue weighted by Gasteiger charge is -2.43. The number of amides is 1. The van der Waals surface area contributed by atoms with Crippen molar-refractivity contribution in [2.75, 3.05) is 52.9 Å². The molecule has 0 aromatic heterocycles. The summed E-state index contributed by atoms with van der Waals surface area (Å²) in [5, 5.41) is 0. The molecule has 1 amide bonds. The molecule has 182 valence electrons. The molecule has 2 heterocycles. The van der Waals surface area contributed by atoms with Gasteiger partial charge in [0.2, 0.25) is 5.91 Å². The normalized spacial score (nSPS) is 19.8. The zero-order chi connectivity index (χ0) is 23.5. The number of halogens is 1. The fourth-order valence-corrected chi connectivity index (χ4v) is 5.67. The maximum atomic E-state index is 13.0. The highest BCUT2D eigenvalue weighted by Gasteiger charge is 2.30. The highest BCUT2D eigenvalue weighted by atomic mass is 35.5. The van der Waals surface area contributed by atoms with E-state index in [1.165, 1.54) is 47.1 Å². The van der Waals surface area contributed by atoms with Crippen molar-refractivity contribution in [3.63, 3.8) is 0 Å². The van der Waals surface area contributed by atoms with E-state index in [0.29, 0.717) is 12.5 Å². The maximum absolute atomic E-state index is 13.0. The third-order valence-electron chi connectivity index (χ3n) is 7.93. The Hall–Kier alpha value is -1.92. The first-order chi connectivity index (χ1) is 16.6. The molecule has 1 aliphatic carbocycles. The number of carbonyl (C=O) groups excluding carboxylic acids is 1. The van der Waals surface area contributed by atoms with Gasteiger partial charge in [-0.1, -0.05) is 48.9 Å². The molecule has 1 saturated carbocycles. The predicted molar refractivity (Wildman–Crippen MR) is 139 cm³/mol. The van der Waals surface area contributed by atoms with Gasteiger partial charge in [-0.25, -0.2) is 4.42 Å². The first-order valence-electron chi connectivity index (χ1n) is 12.9. The molecule has 0 unspecified atom stereocenters. The summed E-state index contributed by atoms with van der Waals surface area (Å²) in [6.45, 7) is 7.05. The van der Waals surface area contributed by atoms with Gasteiger partial charge in [-0.3, -0.25) is 14.6 Å². The standard InChI is InChI=1S/C28H37ClN4O/c1-30(29)13-11-22-5-2-3-8-27(22)24-9-10-25-20-31(14-12-23(25)19-24)21-28(34)33-17-15-32(16-18-33)26-6-4-7-26/h2-3,5,8-10,19,26H,4,6-7,11-18,20-21H2,1H3. The Morgan fingerprint density at radius 3 is 2.56 bits per heavy atom. The molecule has 1 saturated heterocycles. The van der Waals surface area contributed by atoms with Crippen LogP contribution in [0.1, 0.15) is 36.0 Å². The average molecular weight is 481 g/mol. The van der Waals surface area contributed by atoms with Crippen molar-refractivity contribution in [1.82, 2.24) is 19.1 Å². The van der Waals surface area contributed by atoms with E-state index in [9.17, 15) is 4.79 Å². The molecule has 0 spiro atoms. The minimum Gasteiger partial charge on any atom is -0.339 e. The van der Waals surface area contributed by atoms with Crippen LogP contribution in [0.25, 0.3) is 11.1 Å². The summed E-state index contributed by atoms with van der Waals surface area (Å²) in [6, 6.07) is 16.3. The maximum Gasteiger partial charge on any atom is 0.236 e. The van der Waals surface area contributed by atoms with Crippen molar-refractivity contribution in [3.05, 3.63) is 59.2 Å². The second-order valence-corrected chi connectivity index (χ2v) is 10.8. The SMILES string of the molecule is CN(Cl)CCc1ccccc1-c1ccc2c(c1)CCN(CC(=O)N1CCN(C3CCC3)CC1)C2. The lowest BCUT2D eigenvalue weighted by atomic mass is 9.91. The predicted octanol–water partition coefficient (Wildman–Crippen LogP) is 4.04. The van der Waals surface area contributed by atoms with E-state index in [1.54, 1.807) is 4.42 Å². The summed E-state index contributed by atoms with van der Waals surface area (Å²) in [5.74, 6) is 0.298. The number of fused-ring (bicyclic) bond motifs is 1. The van der Waals surface area contributed by atoms with Crippen molar-refractivity contribution in [2.24, 2.45) is 0 Å². The second kappa shape index (κ2) is 10.8. The Labute approximate surface area is 209 Å². The van der Waals surface area contributed by atoms with Gasteiger partial charge in [-0.05, 0) is 65.3 Å². The third-order valence-corrected chi connectivity index (χ3v) is 8.10. The lowest BCUT2D eigenvalue weighted by Crippen LogP contribution is -2.55. The molecule has 5 rings (SSSR count). The van der Waals surface area contributed by atoms with Crippen LogP contribution in [-0.4, -0.2) is 83.9 Å². The summed E-state index contributed by atoms with van der Waals surface area (Å²) in [7, 11) is 1.90.